The molecule has 0 spiro atoms. The molecule has 0 saturated carbocycles. The van der Waals surface area contributed by atoms with Crippen molar-refractivity contribution in [3.63, 3.8) is 0 Å². The first-order valence-corrected chi connectivity index (χ1v) is 8.79. The summed E-state index contributed by atoms with van der Waals surface area (Å²) >= 11 is 0. The van der Waals surface area contributed by atoms with Crippen molar-refractivity contribution < 1.29 is 13.2 Å². The van der Waals surface area contributed by atoms with E-state index >= 15 is 0 Å². The van der Waals surface area contributed by atoms with Crippen LogP contribution in [0.2, 0.25) is 0 Å². The molecule has 3 aromatic rings. The van der Waals surface area contributed by atoms with Gasteiger partial charge in [0.05, 0.1) is 5.56 Å². The fourth-order valence-corrected chi connectivity index (χ4v) is 2.66. The molecule has 2 aromatic carbocycles. The van der Waals surface area contributed by atoms with Gasteiger partial charge in [-0.25, -0.2) is 4.39 Å². The zero-order valence-corrected chi connectivity index (χ0v) is 14.9. The average molecular weight is 365 g/mol. The van der Waals surface area contributed by atoms with Crippen LogP contribution in [0, 0.1) is 29.6 Å². The first kappa shape index (κ1) is 18.7. The molecule has 0 atom stereocenters. The maximum absolute atomic E-state index is 13.5. The molecule has 1 heterocycles. The summed E-state index contributed by atoms with van der Waals surface area (Å²) in [6, 6.07) is 16.6. The van der Waals surface area contributed by atoms with E-state index < -0.39 is 17.7 Å². The Kier molecular flexibility index (Phi) is 5.93. The molecule has 0 aliphatic rings. The van der Waals surface area contributed by atoms with Crippen LogP contribution in [-0.4, -0.2) is 4.98 Å². The Morgan fingerprint density at radius 2 is 1.44 bits per heavy atom. The van der Waals surface area contributed by atoms with Crippen molar-refractivity contribution >= 4 is 0 Å². The molecule has 1 nitrogen and oxygen atoms in total. The summed E-state index contributed by atoms with van der Waals surface area (Å²) in [7, 11) is 0. The van der Waals surface area contributed by atoms with Crippen LogP contribution in [0.25, 0.3) is 11.1 Å². The van der Waals surface area contributed by atoms with Crippen LogP contribution < -0.4 is 0 Å². The molecule has 0 amide bonds. The molecule has 0 fully saturated rings. The zero-order chi connectivity index (χ0) is 19.2. The highest BCUT2D eigenvalue weighted by Crippen LogP contribution is 2.21. The fourth-order valence-electron chi connectivity index (χ4n) is 2.66. The minimum Gasteiger partial charge on any atom is -0.202 e. The van der Waals surface area contributed by atoms with Gasteiger partial charge in [-0.3, -0.25) is 0 Å². The van der Waals surface area contributed by atoms with Crippen molar-refractivity contribution in [3.05, 3.63) is 89.0 Å². The van der Waals surface area contributed by atoms with Gasteiger partial charge >= 0.3 is 0 Å². The van der Waals surface area contributed by atoms with Crippen LogP contribution in [0.3, 0.4) is 0 Å². The van der Waals surface area contributed by atoms with Crippen molar-refractivity contribution in [3.8, 4) is 23.0 Å². The van der Waals surface area contributed by atoms with Gasteiger partial charge in [-0.15, -0.1) is 0 Å². The van der Waals surface area contributed by atoms with Crippen molar-refractivity contribution in [2.24, 2.45) is 0 Å². The molecule has 0 unspecified atom stereocenters. The van der Waals surface area contributed by atoms with E-state index in [1.807, 2.05) is 12.1 Å². The quantitative estimate of drug-likeness (QED) is 0.414. The van der Waals surface area contributed by atoms with Gasteiger partial charge in [0.25, 0.3) is 5.95 Å². The predicted octanol–water partition coefficient (Wildman–Crippen LogP) is 5.91. The number of aromatic nitrogens is 1. The number of nitrogens with zero attached hydrogens (tertiary/aromatic N) is 1. The standard InChI is InChI=1S/C23H18F3N/c1-2-3-4-16-5-10-18(11-6-16)19-12-7-17(8-13-19)9-14-20-15-21(24)23(26)27-22(20)25/h5-8,10-13,15H,2-4H2,1H3. The van der Waals surface area contributed by atoms with Gasteiger partial charge < -0.3 is 0 Å². The summed E-state index contributed by atoms with van der Waals surface area (Å²) in [6.45, 7) is 2.18. The number of benzene rings is 2. The van der Waals surface area contributed by atoms with Crippen molar-refractivity contribution in [1.82, 2.24) is 4.98 Å². The highest BCUT2D eigenvalue weighted by atomic mass is 19.2. The summed E-state index contributed by atoms with van der Waals surface area (Å²) in [5, 5.41) is 0. The first-order valence-electron chi connectivity index (χ1n) is 8.79. The molecule has 27 heavy (non-hydrogen) atoms. The molecule has 0 bridgehead atoms. The van der Waals surface area contributed by atoms with Gasteiger partial charge in [0.1, 0.15) is 0 Å². The summed E-state index contributed by atoms with van der Waals surface area (Å²) in [5.74, 6) is 1.41. The van der Waals surface area contributed by atoms with Crippen LogP contribution in [0.1, 0.15) is 36.5 Å². The number of aryl methyl sites for hydroxylation is 1. The van der Waals surface area contributed by atoms with Crippen LogP contribution >= 0.6 is 0 Å². The molecule has 4 heteroatoms. The van der Waals surface area contributed by atoms with E-state index in [9.17, 15) is 13.2 Å². The molecular formula is C23H18F3N. The van der Waals surface area contributed by atoms with E-state index in [0.717, 1.165) is 17.5 Å². The van der Waals surface area contributed by atoms with E-state index in [-0.39, 0.29) is 5.56 Å². The third kappa shape index (κ3) is 4.77. The molecule has 136 valence electrons. The third-order valence-corrected chi connectivity index (χ3v) is 4.22. The van der Waals surface area contributed by atoms with Crippen molar-refractivity contribution in [2.75, 3.05) is 0 Å². The zero-order valence-electron chi connectivity index (χ0n) is 14.9. The monoisotopic (exact) mass is 365 g/mol. The van der Waals surface area contributed by atoms with Crippen LogP contribution in [0.5, 0.6) is 0 Å². The van der Waals surface area contributed by atoms with Gasteiger partial charge in [0.2, 0.25) is 5.95 Å². The molecule has 3 rings (SSSR count). The summed E-state index contributed by atoms with van der Waals surface area (Å²) in [6.07, 6.45) is 3.44. The Bertz CT molecular complexity index is 981. The molecule has 0 radical (unpaired) electrons. The first-order chi connectivity index (χ1) is 13.1. The van der Waals surface area contributed by atoms with Crippen molar-refractivity contribution in [1.29, 1.82) is 0 Å². The van der Waals surface area contributed by atoms with E-state index in [0.29, 0.717) is 11.6 Å². The van der Waals surface area contributed by atoms with Gasteiger partial charge in [-0.05, 0) is 47.7 Å². The number of hydrogen-bond donors (Lipinski definition) is 0. The molecular weight excluding hydrogens is 347 g/mol. The summed E-state index contributed by atoms with van der Waals surface area (Å²) < 4.78 is 39.5. The maximum atomic E-state index is 13.5. The molecule has 0 aliphatic heterocycles. The molecule has 1 aromatic heterocycles. The lowest BCUT2D eigenvalue weighted by Gasteiger charge is -2.04. The van der Waals surface area contributed by atoms with E-state index in [2.05, 4.69) is 48.0 Å². The van der Waals surface area contributed by atoms with Crippen LogP contribution in [-0.2, 0) is 6.42 Å². The van der Waals surface area contributed by atoms with E-state index in [1.165, 1.54) is 18.4 Å². The highest BCUT2D eigenvalue weighted by Gasteiger charge is 2.09. The smallest absolute Gasteiger partial charge is 0.202 e. The number of unbranched alkanes of at least 4 members (excludes halogenated alkanes) is 1. The highest BCUT2D eigenvalue weighted by molar-refractivity contribution is 5.64. The van der Waals surface area contributed by atoms with Crippen molar-refractivity contribution in [2.45, 2.75) is 26.2 Å². The second-order valence-electron chi connectivity index (χ2n) is 6.23. The molecule has 0 N–H and O–H groups in total. The minimum absolute atomic E-state index is 0.277. The van der Waals surface area contributed by atoms with E-state index in [4.69, 9.17) is 0 Å². The van der Waals surface area contributed by atoms with Gasteiger partial charge in [0.15, 0.2) is 5.82 Å². The number of pyridine rings is 1. The second-order valence-corrected chi connectivity index (χ2v) is 6.23. The average Bonchev–Trinajstić information content (AvgIpc) is 2.69. The third-order valence-electron chi connectivity index (χ3n) is 4.22. The Balaban J connectivity index is 1.76. The normalized spacial score (nSPS) is 10.4. The predicted molar refractivity (Wildman–Crippen MR) is 101 cm³/mol. The summed E-state index contributed by atoms with van der Waals surface area (Å²) in [4.78, 5) is 2.85. The molecule has 0 aliphatic carbocycles. The Labute approximate surface area is 156 Å². The lowest BCUT2D eigenvalue weighted by atomic mass is 10.0. The van der Waals surface area contributed by atoms with E-state index in [1.54, 1.807) is 12.1 Å². The van der Waals surface area contributed by atoms with Gasteiger partial charge in [-0.2, -0.15) is 13.8 Å². The van der Waals surface area contributed by atoms with Crippen LogP contribution in [0.4, 0.5) is 13.2 Å². The number of hydrogen-bond acceptors (Lipinski definition) is 1. The maximum Gasteiger partial charge on any atom is 0.251 e. The Morgan fingerprint density at radius 1 is 0.815 bits per heavy atom. The topological polar surface area (TPSA) is 12.9 Å². The van der Waals surface area contributed by atoms with Gasteiger partial charge in [-0.1, -0.05) is 61.6 Å². The number of halogens is 3. The minimum atomic E-state index is -1.47. The largest absolute Gasteiger partial charge is 0.251 e. The SMILES string of the molecule is CCCCc1ccc(-c2ccc(C#Cc3cc(F)c(F)nc3F)cc2)cc1. The lowest BCUT2D eigenvalue weighted by Crippen LogP contribution is -1.97. The molecule has 0 saturated heterocycles. The Hall–Kier alpha value is -3.06. The summed E-state index contributed by atoms with van der Waals surface area (Å²) in [5.41, 5.74) is 3.84. The van der Waals surface area contributed by atoms with Crippen LogP contribution in [0.15, 0.2) is 54.6 Å². The fraction of sp³-hybridized carbons (Fsp3) is 0.174. The second kappa shape index (κ2) is 8.55. The van der Waals surface area contributed by atoms with Gasteiger partial charge in [0, 0.05) is 5.56 Å². The Morgan fingerprint density at radius 3 is 2.07 bits per heavy atom. The number of rotatable bonds is 4. The lowest BCUT2D eigenvalue weighted by molar-refractivity contribution is 0.446.